The number of aliphatic hydroxyl groups is 1. The van der Waals surface area contributed by atoms with Gasteiger partial charge in [-0.15, -0.1) is 0 Å². The van der Waals surface area contributed by atoms with Gasteiger partial charge < -0.3 is 19.6 Å². The first-order valence-electron chi connectivity index (χ1n) is 10.6. The van der Waals surface area contributed by atoms with Crippen LogP contribution in [0.2, 0.25) is 0 Å². The van der Waals surface area contributed by atoms with Crippen molar-refractivity contribution in [2.24, 2.45) is 5.92 Å². The molecule has 8 nitrogen and oxygen atoms in total. The molecule has 162 valence electrons. The summed E-state index contributed by atoms with van der Waals surface area (Å²) in [5, 5.41) is 10.4. The summed E-state index contributed by atoms with van der Waals surface area (Å²) in [6.45, 7) is 5.17. The second kappa shape index (κ2) is 8.39. The Labute approximate surface area is 171 Å². The van der Waals surface area contributed by atoms with Crippen molar-refractivity contribution in [3.05, 3.63) is 18.1 Å². The van der Waals surface area contributed by atoms with E-state index in [2.05, 4.69) is 25.7 Å². The van der Waals surface area contributed by atoms with Crippen LogP contribution in [0.4, 0.5) is 10.2 Å². The number of β-amino-alcohol motifs (C(OH)–C–C–N with tert-alkyl or cyclic N) is 1. The average Bonchev–Trinajstić information content (AvgIpc) is 3.25. The summed E-state index contributed by atoms with van der Waals surface area (Å²) in [6, 6.07) is 2.11. The number of rotatable bonds is 5. The predicted octanol–water partition coefficient (Wildman–Crippen LogP) is 0.647. The molecule has 2 aliphatic heterocycles. The van der Waals surface area contributed by atoms with E-state index < -0.39 is 12.3 Å². The minimum Gasteiger partial charge on any atom is -0.390 e. The number of hydrazine groups is 1. The SMILES string of the molecule is CC(C)OC1CC2C(CC1F)NNC2c1cc(N2C[C@H](O)[C@@H](N(C)C)C2)ncn1. The van der Waals surface area contributed by atoms with Gasteiger partial charge in [0.2, 0.25) is 0 Å². The van der Waals surface area contributed by atoms with Gasteiger partial charge in [-0.2, -0.15) is 0 Å². The minimum absolute atomic E-state index is 0.00691. The number of anilines is 1. The quantitative estimate of drug-likeness (QED) is 0.655. The fraction of sp³-hybridized carbons (Fsp3) is 0.800. The lowest BCUT2D eigenvalue weighted by Gasteiger charge is -2.36. The molecule has 0 spiro atoms. The van der Waals surface area contributed by atoms with Gasteiger partial charge in [-0.1, -0.05) is 0 Å². The largest absolute Gasteiger partial charge is 0.390 e. The molecule has 0 bridgehead atoms. The van der Waals surface area contributed by atoms with Crippen molar-refractivity contribution < 1.29 is 14.2 Å². The van der Waals surface area contributed by atoms with Gasteiger partial charge >= 0.3 is 0 Å². The van der Waals surface area contributed by atoms with Crippen molar-refractivity contribution in [2.45, 2.75) is 69.3 Å². The molecular weight excluding hydrogens is 375 g/mol. The van der Waals surface area contributed by atoms with E-state index in [0.717, 1.165) is 18.1 Å². The summed E-state index contributed by atoms with van der Waals surface area (Å²) in [4.78, 5) is 13.1. The maximum Gasteiger partial charge on any atom is 0.132 e. The Hall–Kier alpha value is -1.39. The Morgan fingerprint density at radius 1 is 1.24 bits per heavy atom. The van der Waals surface area contributed by atoms with E-state index in [9.17, 15) is 9.50 Å². The second-order valence-corrected chi connectivity index (χ2v) is 9.05. The number of alkyl halides is 1. The number of likely N-dealkylation sites (N-methyl/N-ethyl adjacent to an activating group) is 1. The zero-order valence-electron chi connectivity index (χ0n) is 17.6. The van der Waals surface area contributed by atoms with Crippen molar-refractivity contribution in [2.75, 3.05) is 32.1 Å². The van der Waals surface area contributed by atoms with E-state index in [1.165, 1.54) is 0 Å². The molecule has 1 aliphatic carbocycles. The van der Waals surface area contributed by atoms with Crippen LogP contribution in [0.25, 0.3) is 0 Å². The number of hydrogen-bond donors (Lipinski definition) is 3. The fourth-order valence-corrected chi connectivity index (χ4v) is 4.94. The molecule has 0 aromatic carbocycles. The average molecular weight is 409 g/mol. The van der Waals surface area contributed by atoms with E-state index in [0.29, 0.717) is 19.4 Å². The zero-order chi connectivity index (χ0) is 20.7. The van der Waals surface area contributed by atoms with E-state index in [4.69, 9.17) is 4.74 Å². The number of ether oxygens (including phenoxy) is 1. The Morgan fingerprint density at radius 2 is 2.03 bits per heavy atom. The molecule has 3 aliphatic rings. The monoisotopic (exact) mass is 408 g/mol. The van der Waals surface area contributed by atoms with Crippen LogP contribution in [-0.2, 0) is 4.74 Å². The second-order valence-electron chi connectivity index (χ2n) is 9.05. The molecule has 1 aromatic rings. The molecule has 7 atom stereocenters. The van der Waals surface area contributed by atoms with Crippen LogP contribution in [0.1, 0.15) is 38.4 Å². The summed E-state index contributed by atoms with van der Waals surface area (Å²) in [5.74, 6) is 1.02. The number of fused-ring (bicyclic) bond motifs is 1. The highest BCUT2D eigenvalue weighted by molar-refractivity contribution is 5.42. The zero-order valence-corrected chi connectivity index (χ0v) is 17.6. The van der Waals surface area contributed by atoms with Crippen LogP contribution in [-0.4, -0.2) is 83.7 Å². The number of nitrogens with zero attached hydrogens (tertiary/aromatic N) is 4. The summed E-state index contributed by atoms with van der Waals surface area (Å²) in [7, 11) is 3.96. The third-order valence-corrected chi connectivity index (χ3v) is 6.44. The smallest absolute Gasteiger partial charge is 0.132 e. The number of hydrogen-bond acceptors (Lipinski definition) is 8. The lowest BCUT2D eigenvalue weighted by Crippen LogP contribution is -2.44. The maximum absolute atomic E-state index is 14.5. The molecule has 1 aromatic heterocycles. The van der Waals surface area contributed by atoms with E-state index in [-0.39, 0.29) is 36.3 Å². The standard InChI is InChI=1S/C20H33FN6O2/c1-11(2)29-18-5-12-14(6-13(18)21)24-25-20(12)15-7-19(23-10-22-15)27-8-16(26(3)4)17(28)9-27/h7,10-14,16-18,20,24-25,28H,5-6,8-9H2,1-4H3/t12?,13?,14?,16-,17-,18?,20?/m0/s1. The number of aromatic nitrogens is 2. The van der Waals surface area contributed by atoms with E-state index in [1.54, 1.807) is 6.33 Å². The number of aliphatic hydroxyl groups excluding tert-OH is 1. The van der Waals surface area contributed by atoms with Crippen molar-refractivity contribution in [1.82, 2.24) is 25.7 Å². The Morgan fingerprint density at radius 3 is 2.72 bits per heavy atom. The van der Waals surface area contributed by atoms with Crippen molar-refractivity contribution in [1.29, 1.82) is 0 Å². The molecule has 3 heterocycles. The first-order chi connectivity index (χ1) is 13.8. The van der Waals surface area contributed by atoms with E-state index in [1.807, 2.05) is 38.9 Å². The van der Waals surface area contributed by atoms with Gasteiger partial charge in [0.05, 0.1) is 36.1 Å². The highest BCUT2D eigenvalue weighted by atomic mass is 19.1. The summed E-state index contributed by atoms with van der Waals surface area (Å²) in [6.07, 6.45) is 0.932. The van der Waals surface area contributed by atoms with Crippen LogP contribution in [0, 0.1) is 5.92 Å². The minimum atomic E-state index is -0.957. The van der Waals surface area contributed by atoms with E-state index >= 15 is 0 Å². The van der Waals surface area contributed by atoms with Crippen LogP contribution in [0.5, 0.6) is 0 Å². The topological polar surface area (TPSA) is 85.8 Å². The van der Waals surface area contributed by atoms with Crippen LogP contribution >= 0.6 is 0 Å². The lowest BCUT2D eigenvalue weighted by atomic mass is 9.78. The summed E-state index contributed by atoms with van der Waals surface area (Å²) < 4.78 is 20.4. The third kappa shape index (κ3) is 4.25. The van der Waals surface area contributed by atoms with Crippen molar-refractivity contribution >= 4 is 5.82 Å². The Balaban J connectivity index is 1.50. The first-order valence-corrected chi connectivity index (χ1v) is 10.6. The molecule has 3 N–H and O–H groups in total. The van der Waals surface area contributed by atoms with Gasteiger partial charge in [0.1, 0.15) is 18.3 Å². The molecule has 9 heteroatoms. The molecule has 0 amide bonds. The molecule has 4 rings (SSSR count). The molecular formula is C20H33FN6O2. The van der Waals surface area contributed by atoms with Gasteiger partial charge in [-0.05, 0) is 40.8 Å². The van der Waals surface area contributed by atoms with Crippen molar-refractivity contribution in [3.8, 4) is 0 Å². The predicted molar refractivity (Wildman–Crippen MR) is 108 cm³/mol. The summed E-state index contributed by atoms with van der Waals surface area (Å²) in [5.41, 5.74) is 7.47. The van der Waals surface area contributed by atoms with Crippen LogP contribution < -0.4 is 15.8 Å². The van der Waals surface area contributed by atoms with Gasteiger partial charge in [-0.25, -0.2) is 19.8 Å². The highest BCUT2D eigenvalue weighted by Gasteiger charge is 2.46. The molecule has 1 saturated carbocycles. The number of halogens is 1. The van der Waals surface area contributed by atoms with Crippen molar-refractivity contribution in [3.63, 3.8) is 0 Å². The molecule has 2 saturated heterocycles. The van der Waals surface area contributed by atoms with Gasteiger partial charge in [-0.3, -0.25) is 5.43 Å². The third-order valence-electron chi connectivity index (χ3n) is 6.44. The Bertz CT molecular complexity index is 707. The normalized spacial score (nSPS) is 37.5. The van der Waals surface area contributed by atoms with Gasteiger partial charge in [0, 0.05) is 31.1 Å². The highest BCUT2D eigenvalue weighted by Crippen LogP contribution is 2.40. The molecule has 29 heavy (non-hydrogen) atoms. The van der Waals surface area contributed by atoms with Gasteiger partial charge in [0.25, 0.3) is 0 Å². The van der Waals surface area contributed by atoms with Gasteiger partial charge in [0.15, 0.2) is 0 Å². The van der Waals surface area contributed by atoms with Crippen LogP contribution in [0.15, 0.2) is 12.4 Å². The molecule has 5 unspecified atom stereocenters. The molecule has 0 radical (unpaired) electrons. The number of nitrogens with one attached hydrogen (secondary N) is 2. The summed E-state index contributed by atoms with van der Waals surface area (Å²) >= 11 is 0. The maximum atomic E-state index is 14.5. The molecule has 3 fully saturated rings. The fourth-order valence-electron chi connectivity index (χ4n) is 4.94. The lowest BCUT2D eigenvalue weighted by molar-refractivity contribution is -0.0708. The van der Waals surface area contributed by atoms with Crippen LogP contribution in [0.3, 0.4) is 0 Å². The first kappa shape index (κ1) is 20.9. The Kier molecular flexibility index (Phi) is 6.04.